The van der Waals surface area contributed by atoms with Crippen LogP contribution in [-0.4, -0.2) is 15.7 Å². The summed E-state index contributed by atoms with van der Waals surface area (Å²) in [6.07, 6.45) is 1.50. The number of anilines is 1. The molecule has 0 aliphatic rings. The maximum atomic E-state index is 14.1. The minimum atomic E-state index is -0.444. The molecular formula is C26H21Cl3FN3O2. The molecule has 0 aliphatic carbocycles. The molecule has 0 spiro atoms. The number of ether oxygens (including phenoxy) is 1. The van der Waals surface area contributed by atoms with E-state index in [4.69, 9.17) is 39.5 Å². The molecule has 0 unspecified atom stereocenters. The fraction of sp³-hybridized carbons (Fsp3) is 0.154. The lowest BCUT2D eigenvalue weighted by Crippen LogP contribution is -2.13. The smallest absolute Gasteiger partial charge is 0.256 e. The van der Waals surface area contributed by atoms with Crippen molar-refractivity contribution in [2.24, 2.45) is 0 Å². The molecule has 1 aromatic heterocycles. The molecule has 0 fully saturated rings. The van der Waals surface area contributed by atoms with Gasteiger partial charge in [0.15, 0.2) is 5.82 Å². The van der Waals surface area contributed by atoms with Gasteiger partial charge in [-0.1, -0.05) is 53.0 Å². The molecule has 35 heavy (non-hydrogen) atoms. The Morgan fingerprint density at radius 3 is 2.37 bits per heavy atom. The number of benzene rings is 3. The average molecular weight is 533 g/mol. The van der Waals surface area contributed by atoms with Gasteiger partial charge in [0, 0.05) is 27.4 Å². The van der Waals surface area contributed by atoms with Crippen molar-refractivity contribution in [3.8, 4) is 5.75 Å². The minimum Gasteiger partial charge on any atom is -0.489 e. The van der Waals surface area contributed by atoms with Crippen molar-refractivity contribution >= 4 is 46.5 Å². The third-order valence-electron chi connectivity index (χ3n) is 5.36. The van der Waals surface area contributed by atoms with Gasteiger partial charge in [0.25, 0.3) is 5.91 Å². The second kappa shape index (κ2) is 10.7. The van der Waals surface area contributed by atoms with Crippen molar-refractivity contribution in [3.63, 3.8) is 0 Å². The van der Waals surface area contributed by atoms with Crippen LogP contribution in [0, 0.1) is 19.7 Å². The van der Waals surface area contributed by atoms with Gasteiger partial charge in [0.2, 0.25) is 0 Å². The van der Waals surface area contributed by atoms with E-state index in [0.717, 1.165) is 27.5 Å². The molecule has 0 saturated heterocycles. The summed E-state index contributed by atoms with van der Waals surface area (Å²) in [5, 5.41) is 8.18. The van der Waals surface area contributed by atoms with E-state index in [9.17, 15) is 9.18 Å². The molecule has 0 aliphatic heterocycles. The van der Waals surface area contributed by atoms with Gasteiger partial charge in [-0.15, -0.1) is 0 Å². The van der Waals surface area contributed by atoms with Gasteiger partial charge in [-0.25, -0.2) is 4.39 Å². The molecule has 9 heteroatoms. The lowest BCUT2D eigenvalue weighted by molar-refractivity contribution is 0.102. The highest BCUT2D eigenvalue weighted by atomic mass is 35.5. The summed E-state index contributed by atoms with van der Waals surface area (Å²) < 4.78 is 21.4. The molecule has 3 aromatic carbocycles. The molecule has 1 amide bonds. The Labute approximate surface area is 217 Å². The zero-order valence-corrected chi connectivity index (χ0v) is 21.2. The van der Waals surface area contributed by atoms with Crippen LogP contribution in [0.25, 0.3) is 0 Å². The number of carbonyl (C=O) groups excluding carboxylic acids is 1. The van der Waals surface area contributed by atoms with E-state index in [1.54, 1.807) is 18.2 Å². The molecule has 4 rings (SSSR count). The molecule has 180 valence electrons. The van der Waals surface area contributed by atoms with Crippen LogP contribution in [0.15, 0.2) is 60.8 Å². The van der Waals surface area contributed by atoms with Gasteiger partial charge >= 0.3 is 0 Å². The third-order valence-corrected chi connectivity index (χ3v) is 6.59. The summed E-state index contributed by atoms with van der Waals surface area (Å²) in [6.45, 7) is 4.28. The summed E-state index contributed by atoms with van der Waals surface area (Å²) in [4.78, 5) is 12.7. The Bertz CT molecular complexity index is 1340. The topological polar surface area (TPSA) is 56.1 Å². The van der Waals surface area contributed by atoms with Gasteiger partial charge in [0.05, 0.1) is 6.54 Å². The Balaban J connectivity index is 1.39. The number of halogens is 4. The number of nitrogens with zero attached hydrogens (tertiary/aromatic N) is 2. The normalized spacial score (nSPS) is 10.9. The van der Waals surface area contributed by atoms with E-state index in [1.807, 2.05) is 38.1 Å². The highest BCUT2D eigenvalue weighted by molar-refractivity contribution is 6.33. The molecule has 0 radical (unpaired) electrons. The van der Waals surface area contributed by atoms with Gasteiger partial charge < -0.3 is 10.1 Å². The quantitative estimate of drug-likeness (QED) is 0.268. The zero-order valence-electron chi connectivity index (χ0n) is 18.9. The van der Waals surface area contributed by atoms with Crippen molar-refractivity contribution in [3.05, 3.63) is 109 Å². The van der Waals surface area contributed by atoms with Crippen LogP contribution in [0.2, 0.25) is 15.1 Å². The molecule has 0 bridgehead atoms. The number of amides is 1. The van der Waals surface area contributed by atoms with Gasteiger partial charge in [-0.05, 0) is 66.9 Å². The number of aryl methyl sites for hydroxylation is 2. The second-order valence-electron chi connectivity index (χ2n) is 8.03. The Hall–Kier alpha value is -3.06. The number of aromatic nitrogens is 2. The maximum absolute atomic E-state index is 14.1. The van der Waals surface area contributed by atoms with Crippen LogP contribution in [-0.2, 0) is 13.2 Å². The number of nitrogens with one attached hydrogen (secondary N) is 1. The standard InChI is InChI=1S/C26H21Cl3FN3O2/c1-15-10-19(11-16(2)24(15)29)35-14-17-6-8-18(9-7-17)26(34)31-25-22(28)13-33(32-25)12-20-21(27)4-3-5-23(20)30/h3-11,13H,12,14H2,1-2H3,(H,31,32,34). The first-order chi connectivity index (χ1) is 16.7. The van der Waals surface area contributed by atoms with Crippen molar-refractivity contribution in [1.29, 1.82) is 0 Å². The molecule has 5 nitrogen and oxygen atoms in total. The molecule has 1 heterocycles. The summed E-state index contributed by atoms with van der Waals surface area (Å²) in [5.74, 6) is 0.0794. The van der Waals surface area contributed by atoms with E-state index < -0.39 is 5.82 Å². The van der Waals surface area contributed by atoms with Crippen molar-refractivity contribution in [2.45, 2.75) is 27.0 Å². The number of hydrogen-bond donors (Lipinski definition) is 1. The molecule has 4 aromatic rings. The Morgan fingerprint density at radius 1 is 1.03 bits per heavy atom. The maximum Gasteiger partial charge on any atom is 0.256 e. The summed E-state index contributed by atoms with van der Waals surface area (Å²) in [6, 6.07) is 15.2. The first kappa shape index (κ1) is 25.0. The molecule has 1 N–H and O–H groups in total. The Morgan fingerprint density at radius 2 is 1.71 bits per heavy atom. The van der Waals surface area contributed by atoms with Crippen LogP contribution in [0.1, 0.15) is 32.6 Å². The van der Waals surface area contributed by atoms with E-state index in [2.05, 4.69) is 10.4 Å². The number of hydrogen-bond acceptors (Lipinski definition) is 3. The number of rotatable bonds is 7. The third kappa shape index (κ3) is 5.96. The van der Waals surface area contributed by atoms with Crippen molar-refractivity contribution in [1.82, 2.24) is 9.78 Å². The lowest BCUT2D eigenvalue weighted by Gasteiger charge is -2.10. The first-order valence-corrected chi connectivity index (χ1v) is 11.8. The molecule has 0 atom stereocenters. The van der Waals surface area contributed by atoms with E-state index in [-0.39, 0.29) is 33.9 Å². The minimum absolute atomic E-state index is 0.0719. The number of carbonyl (C=O) groups is 1. The highest BCUT2D eigenvalue weighted by Gasteiger charge is 2.15. The fourth-order valence-corrected chi connectivity index (χ4v) is 4.03. The van der Waals surface area contributed by atoms with Gasteiger partial charge in [0.1, 0.15) is 23.2 Å². The van der Waals surface area contributed by atoms with Crippen LogP contribution in [0.4, 0.5) is 10.2 Å². The zero-order chi connectivity index (χ0) is 25.1. The highest BCUT2D eigenvalue weighted by Crippen LogP contribution is 2.27. The predicted molar refractivity (Wildman–Crippen MR) is 137 cm³/mol. The Kier molecular flexibility index (Phi) is 7.65. The van der Waals surface area contributed by atoms with E-state index in [1.165, 1.54) is 23.0 Å². The van der Waals surface area contributed by atoms with Gasteiger partial charge in [-0.2, -0.15) is 5.10 Å². The van der Waals surface area contributed by atoms with Crippen LogP contribution in [0.5, 0.6) is 5.75 Å². The first-order valence-electron chi connectivity index (χ1n) is 10.7. The van der Waals surface area contributed by atoms with Gasteiger partial charge in [-0.3, -0.25) is 9.48 Å². The molecular weight excluding hydrogens is 512 g/mol. The van der Waals surface area contributed by atoms with Crippen LogP contribution < -0.4 is 10.1 Å². The molecule has 0 saturated carbocycles. The van der Waals surface area contributed by atoms with Crippen molar-refractivity contribution in [2.75, 3.05) is 5.32 Å². The SMILES string of the molecule is Cc1cc(OCc2ccc(C(=O)Nc3nn(Cc4c(F)cccc4Cl)cc3Cl)cc2)cc(C)c1Cl. The average Bonchev–Trinajstić information content (AvgIpc) is 3.17. The summed E-state index contributed by atoms with van der Waals surface area (Å²) >= 11 is 18.5. The summed E-state index contributed by atoms with van der Waals surface area (Å²) in [5.41, 5.74) is 3.51. The predicted octanol–water partition coefficient (Wildman–Crippen LogP) is 7.48. The fourth-order valence-electron chi connectivity index (χ4n) is 3.50. The van der Waals surface area contributed by atoms with E-state index >= 15 is 0 Å². The second-order valence-corrected chi connectivity index (χ2v) is 9.23. The summed E-state index contributed by atoms with van der Waals surface area (Å²) in [7, 11) is 0. The van der Waals surface area contributed by atoms with Crippen LogP contribution >= 0.6 is 34.8 Å². The van der Waals surface area contributed by atoms with E-state index in [0.29, 0.717) is 12.2 Å². The largest absolute Gasteiger partial charge is 0.489 e. The van der Waals surface area contributed by atoms with Crippen molar-refractivity contribution < 1.29 is 13.9 Å². The monoisotopic (exact) mass is 531 g/mol. The lowest BCUT2D eigenvalue weighted by atomic mass is 10.1. The van der Waals surface area contributed by atoms with Crippen LogP contribution in [0.3, 0.4) is 0 Å².